The van der Waals surface area contributed by atoms with Gasteiger partial charge in [0.05, 0.1) is 17.9 Å². The molecule has 0 radical (unpaired) electrons. The minimum absolute atomic E-state index is 0.0590. The molecule has 1 N–H and O–H groups in total. The molecular formula is C9H14O4S. The number of carbonyl (C=O) groups is 1. The Balaban J connectivity index is 2.40. The molecule has 4 nitrogen and oxygen atoms in total. The van der Waals surface area contributed by atoms with Crippen LogP contribution in [0.25, 0.3) is 0 Å². The van der Waals surface area contributed by atoms with Gasteiger partial charge in [0.2, 0.25) is 0 Å². The van der Waals surface area contributed by atoms with Crippen LogP contribution in [0, 0.1) is 5.92 Å². The Morgan fingerprint density at radius 3 is 2.57 bits per heavy atom. The standard InChI is InChI=1S/C9H14O4S/c1-7(5-9(10)11)4-8-2-3-14(12,13)6-8/h8H,1-6H2,(H,10,11). The highest BCUT2D eigenvalue weighted by Gasteiger charge is 2.28. The van der Waals surface area contributed by atoms with Gasteiger partial charge in [-0.15, -0.1) is 0 Å². The number of hydrogen-bond acceptors (Lipinski definition) is 3. The predicted molar refractivity (Wildman–Crippen MR) is 52.8 cm³/mol. The second kappa shape index (κ2) is 4.13. The molecule has 1 rings (SSSR count). The molecule has 1 fully saturated rings. The van der Waals surface area contributed by atoms with E-state index in [2.05, 4.69) is 6.58 Å². The molecular weight excluding hydrogens is 204 g/mol. The van der Waals surface area contributed by atoms with Crippen molar-refractivity contribution < 1.29 is 18.3 Å². The lowest BCUT2D eigenvalue weighted by atomic mass is 9.98. The van der Waals surface area contributed by atoms with Gasteiger partial charge in [-0.2, -0.15) is 0 Å². The number of rotatable bonds is 4. The number of aliphatic carboxylic acids is 1. The van der Waals surface area contributed by atoms with Gasteiger partial charge in [0.1, 0.15) is 0 Å². The molecule has 0 saturated carbocycles. The van der Waals surface area contributed by atoms with Crippen LogP contribution >= 0.6 is 0 Å². The van der Waals surface area contributed by atoms with Crippen LogP contribution < -0.4 is 0 Å². The Bertz CT molecular complexity index is 342. The fourth-order valence-electron chi connectivity index (χ4n) is 1.73. The lowest BCUT2D eigenvalue weighted by Crippen LogP contribution is -2.07. The van der Waals surface area contributed by atoms with E-state index in [1.807, 2.05) is 0 Å². The van der Waals surface area contributed by atoms with E-state index < -0.39 is 15.8 Å². The minimum atomic E-state index is -2.86. The smallest absolute Gasteiger partial charge is 0.307 e. The van der Waals surface area contributed by atoms with Crippen molar-refractivity contribution in [2.45, 2.75) is 19.3 Å². The van der Waals surface area contributed by atoms with E-state index in [0.717, 1.165) is 0 Å². The molecule has 0 aromatic rings. The van der Waals surface area contributed by atoms with Crippen LogP contribution in [0.5, 0.6) is 0 Å². The van der Waals surface area contributed by atoms with Gasteiger partial charge >= 0.3 is 5.97 Å². The van der Waals surface area contributed by atoms with E-state index in [-0.39, 0.29) is 23.8 Å². The van der Waals surface area contributed by atoms with Crippen LogP contribution in [0.2, 0.25) is 0 Å². The van der Waals surface area contributed by atoms with Crippen LogP contribution in [0.3, 0.4) is 0 Å². The second-order valence-corrected chi connectivity index (χ2v) is 6.02. The van der Waals surface area contributed by atoms with Crippen molar-refractivity contribution >= 4 is 15.8 Å². The summed E-state index contributed by atoms with van der Waals surface area (Å²) in [7, 11) is -2.86. The van der Waals surface area contributed by atoms with Crippen molar-refractivity contribution in [2.24, 2.45) is 5.92 Å². The van der Waals surface area contributed by atoms with Crippen LogP contribution in [-0.2, 0) is 14.6 Å². The summed E-state index contributed by atoms with van der Waals surface area (Å²) in [5.41, 5.74) is 0.611. The molecule has 80 valence electrons. The summed E-state index contributed by atoms with van der Waals surface area (Å²) >= 11 is 0. The molecule has 1 aliphatic rings. The molecule has 0 spiro atoms. The monoisotopic (exact) mass is 218 g/mol. The van der Waals surface area contributed by atoms with Gasteiger partial charge in [-0.25, -0.2) is 8.42 Å². The first-order chi connectivity index (χ1) is 6.39. The third kappa shape index (κ3) is 3.49. The Labute approximate surface area is 83.5 Å². The third-order valence-corrected chi connectivity index (χ3v) is 4.14. The lowest BCUT2D eigenvalue weighted by molar-refractivity contribution is -0.136. The molecule has 14 heavy (non-hydrogen) atoms. The normalized spacial score (nSPS) is 24.7. The number of hydrogen-bond donors (Lipinski definition) is 1. The number of carboxylic acid groups (broad SMARTS) is 1. The third-order valence-electron chi connectivity index (χ3n) is 2.31. The molecule has 0 amide bonds. The maximum atomic E-state index is 11.1. The second-order valence-electron chi connectivity index (χ2n) is 3.79. The molecule has 0 aliphatic carbocycles. The fourth-order valence-corrected chi connectivity index (χ4v) is 3.59. The van der Waals surface area contributed by atoms with Crippen LogP contribution in [0.1, 0.15) is 19.3 Å². The van der Waals surface area contributed by atoms with E-state index in [1.54, 1.807) is 0 Å². The Morgan fingerprint density at radius 1 is 1.50 bits per heavy atom. The highest BCUT2D eigenvalue weighted by atomic mass is 32.2. The van der Waals surface area contributed by atoms with Gasteiger partial charge in [0.25, 0.3) is 0 Å². The van der Waals surface area contributed by atoms with Crippen molar-refractivity contribution in [3.05, 3.63) is 12.2 Å². The number of carboxylic acids is 1. The van der Waals surface area contributed by atoms with Gasteiger partial charge in [0, 0.05) is 0 Å². The summed E-state index contributed by atoms with van der Waals surface area (Å²) in [4.78, 5) is 10.3. The van der Waals surface area contributed by atoms with E-state index in [4.69, 9.17) is 5.11 Å². The lowest BCUT2D eigenvalue weighted by Gasteiger charge is -2.07. The highest BCUT2D eigenvalue weighted by Crippen LogP contribution is 2.25. The van der Waals surface area contributed by atoms with Gasteiger partial charge in [-0.05, 0) is 18.8 Å². The summed E-state index contributed by atoms with van der Waals surface area (Å²) in [6.45, 7) is 3.63. The summed E-state index contributed by atoms with van der Waals surface area (Å²) in [5, 5.41) is 8.48. The van der Waals surface area contributed by atoms with Crippen LogP contribution in [0.15, 0.2) is 12.2 Å². The van der Waals surface area contributed by atoms with Crippen molar-refractivity contribution in [1.29, 1.82) is 0 Å². The summed E-state index contributed by atoms with van der Waals surface area (Å²) in [5.74, 6) is -0.411. The first-order valence-electron chi connectivity index (χ1n) is 4.48. The zero-order chi connectivity index (χ0) is 10.8. The molecule has 1 aliphatic heterocycles. The first-order valence-corrected chi connectivity index (χ1v) is 6.30. The average molecular weight is 218 g/mol. The molecule has 0 aromatic heterocycles. The molecule has 0 bridgehead atoms. The molecule has 1 heterocycles. The quantitative estimate of drug-likeness (QED) is 0.710. The van der Waals surface area contributed by atoms with Gasteiger partial charge in [-0.3, -0.25) is 4.79 Å². The van der Waals surface area contributed by atoms with Crippen LogP contribution in [0.4, 0.5) is 0 Å². The minimum Gasteiger partial charge on any atom is -0.481 e. The van der Waals surface area contributed by atoms with E-state index in [9.17, 15) is 13.2 Å². The van der Waals surface area contributed by atoms with Gasteiger partial charge in [0.15, 0.2) is 9.84 Å². The fraction of sp³-hybridized carbons (Fsp3) is 0.667. The van der Waals surface area contributed by atoms with Crippen LogP contribution in [-0.4, -0.2) is 31.0 Å². The molecule has 1 atom stereocenters. The zero-order valence-electron chi connectivity index (χ0n) is 7.90. The van der Waals surface area contributed by atoms with E-state index >= 15 is 0 Å². The Kier molecular flexibility index (Phi) is 3.31. The Morgan fingerprint density at radius 2 is 2.14 bits per heavy atom. The summed E-state index contributed by atoms with van der Waals surface area (Å²) in [6, 6.07) is 0. The average Bonchev–Trinajstić information content (AvgIpc) is 2.27. The van der Waals surface area contributed by atoms with Crippen molar-refractivity contribution in [3.8, 4) is 0 Å². The summed E-state index contributed by atoms with van der Waals surface area (Å²) < 4.78 is 22.2. The molecule has 5 heteroatoms. The van der Waals surface area contributed by atoms with Crippen molar-refractivity contribution in [3.63, 3.8) is 0 Å². The zero-order valence-corrected chi connectivity index (χ0v) is 8.72. The summed E-state index contributed by atoms with van der Waals surface area (Å²) in [6.07, 6.45) is 1.10. The largest absolute Gasteiger partial charge is 0.481 e. The van der Waals surface area contributed by atoms with Crippen molar-refractivity contribution in [2.75, 3.05) is 11.5 Å². The maximum absolute atomic E-state index is 11.1. The molecule has 1 saturated heterocycles. The van der Waals surface area contributed by atoms with E-state index in [1.165, 1.54) is 0 Å². The maximum Gasteiger partial charge on any atom is 0.307 e. The predicted octanol–water partition coefficient (Wildman–Crippen LogP) is 0.842. The molecule has 1 unspecified atom stereocenters. The Hall–Kier alpha value is -0.840. The SMILES string of the molecule is C=C(CC(=O)O)CC1CCS(=O)(=O)C1. The molecule has 0 aromatic carbocycles. The highest BCUT2D eigenvalue weighted by molar-refractivity contribution is 7.91. The first kappa shape index (κ1) is 11.2. The van der Waals surface area contributed by atoms with Gasteiger partial charge in [-0.1, -0.05) is 12.2 Å². The van der Waals surface area contributed by atoms with E-state index in [0.29, 0.717) is 18.4 Å². The van der Waals surface area contributed by atoms with Gasteiger partial charge < -0.3 is 5.11 Å². The number of sulfone groups is 1. The van der Waals surface area contributed by atoms with Crippen molar-refractivity contribution in [1.82, 2.24) is 0 Å². The topological polar surface area (TPSA) is 71.4 Å².